The summed E-state index contributed by atoms with van der Waals surface area (Å²) in [6, 6.07) is 14.0. The van der Waals surface area contributed by atoms with Crippen LogP contribution in [0.15, 0.2) is 46.9 Å². The van der Waals surface area contributed by atoms with Gasteiger partial charge in [0.25, 0.3) is 0 Å². The number of aryl methyl sites for hydroxylation is 1. The van der Waals surface area contributed by atoms with E-state index in [9.17, 15) is 9.59 Å². The summed E-state index contributed by atoms with van der Waals surface area (Å²) in [7, 11) is 0. The van der Waals surface area contributed by atoms with E-state index >= 15 is 0 Å². The van der Waals surface area contributed by atoms with Crippen molar-refractivity contribution in [1.29, 1.82) is 0 Å². The van der Waals surface area contributed by atoms with Crippen LogP contribution in [0.2, 0.25) is 0 Å². The molecule has 2 amide bonds. The molecule has 164 valence electrons. The number of nitrogens with zero attached hydrogens (tertiary/aromatic N) is 2. The van der Waals surface area contributed by atoms with Crippen LogP contribution in [-0.2, 0) is 22.6 Å². The van der Waals surface area contributed by atoms with Crippen LogP contribution in [-0.4, -0.2) is 41.2 Å². The number of benzene rings is 1. The van der Waals surface area contributed by atoms with Crippen molar-refractivity contribution in [2.45, 2.75) is 65.8 Å². The molecule has 1 aromatic carbocycles. The lowest BCUT2D eigenvalue weighted by molar-refractivity contribution is -0.141. The summed E-state index contributed by atoms with van der Waals surface area (Å²) in [5.41, 5.74) is 1.19. The summed E-state index contributed by atoms with van der Waals surface area (Å²) < 4.78 is 5.71. The molecule has 0 aliphatic heterocycles. The highest BCUT2D eigenvalue weighted by Crippen LogP contribution is 2.12. The smallest absolute Gasteiger partial charge is 0.242 e. The van der Waals surface area contributed by atoms with E-state index in [1.165, 1.54) is 5.56 Å². The van der Waals surface area contributed by atoms with Gasteiger partial charge in [-0.15, -0.1) is 0 Å². The molecule has 1 heterocycles. The van der Waals surface area contributed by atoms with E-state index in [-0.39, 0.29) is 18.4 Å². The van der Waals surface area contributed by atoms with Gasteiger partial charge < -0.3 is 14.2 Å². The summed E-state index contributed by atoms with van der Waals surface area (Å²) in [5, 5.41) is 0. The first kappa shape index (κ1) is 23.7. The predicted molar refractivity (Wildman–Crippen MR) is 120 cm³/mol. The first-order valence-electron chi connectivity index (χ1n) is 11.2. The number of rotatable bonds is 13. The van der Waals surface area contributed by atoms with Crippen LogP contribution in [0.25, 0.3) is 0 Å². The molecule has 0 saturated carbocycles. The highest BCUT2D eigenvalue weighted by Gasteiger charge is 2.21. The maximum Gasteiger partial charge on any atom is 0.242 e. The van der Waals surface area contributed by atoms with E-state index in [0.29, 0.717) is 26.1 Å². The van der Waals surface area contributed by atoms with E-state index < -0.39 is 0 Å². The van der Waals surface area contributed by atoms with Crippen molar-refractivity contribution < 1.29 is 14.0 Å². The van der Waals surface area contributed by atoms with Crippen LogP contribution < -0.4 is 0 Å². The number of hydrogen-bond donors (Lipinski definition) is 0. The van der Waals surface area contributed by atoms with E-state index in [0.717, 1.165) is 43.6 Å². The summed E-state index contributed by atoms with van der Waals surface area (Å²) in [4.78, 5) is 29.4. The maximum atomic E-state index is 13.2. The molecule has 0 N–H and O–H groups in total. The summed E-state index contributed by atoms with van der Waals surface area (Å²) in [5.74, 6) is 1.65. The van der Waals surface area contributed by atoms with Crippen molar-refractivity contribution in [3.63, 3.8) is 0 Å². The Labute approximate surface area is 181 Å². The molecule has 2 aromatic rings. The van der Waals surface area contributed by atoms with Gasteiger partial charge in [0.05, 0.1) is 13.1 Å². The highest BCUT2D eigenvalue weighted by molar-refractivity contribution is 5.84. The third kappa shape index (κ3) is 8.05. The lowest BCUT2D eigenvalue weighted by Crippen LogP contribution is -2.43. The standard InChI is InChI=1S/C25H36N2O3/c1-4-6-8-13-24(28)26(17-5-2)20-25(29)27(19-23-15-14-21(3)30-23)18-16-22-11-9-7-10-12-22/h7,9-12,14-15H,4-6,8,13,16-20H2,1-3H3. The maximum absolute atomic E-state index is 13.2. The minimum atomic E-state index is -0.0303. The van der Waals surface area contributed by atoms with E-state index in [4.69, 9.17) is 4.42 Å². The summed E-state index contributed by atoms with van der Waals surface area (Å²) >= 11 is 0. The number of carbonyl (C=O) groups excluding carboxylic acids is 2. The van der Waals surface area contributed by atoms with Gasteiger partial charge in [0, 0.05) is 19.5 Å². The van der Waals surface area contributed by atoms with Gasteiger partial charge in [-0.1, -0.05) is 57.0 Å². The Morgan fingerprint density at radius 2 is 1.63 bits per heavy atom. The minimum absolute atomic E-state index is 0.0303. The minimum Gasteiger partial charge on any atom is -0.464 e. The Kier molecular flexibility index (Phi) is 10.2. The van der Waals surface area contributed by atoms with Crippen molar-refractivity contribution in [1.82, 2.24) is 9.80 Å². The fourth-order valence-corrected chi connectivity index (χ4v) is 3.47. The van der Waals surface area contributed by atoms with Gasteiger partial charge in [0.15, 0.2) is 0 Å². The van der Waals surface area contributed by atoms with Gasteiger partial charge in [0.2, 0.25) is 11.8 Å². The SMILES string of the molecule is CCCCCC(=O)N(CCC)CC(=O)N(CCc1ccccc1)Cc1ccc(C)o1. The molecule has 0 aliphatic carbocycles. The topological polar surface area (TPSA) is 53.8 Å². The van der Waals surface area contributed by atoms with Crippen LogP contribution >= 0.6 is 0 Å². The molecule has 5 heteroatoms. The van der Waals surface area contributed by atoms with Crippen LogP contribution in [0, 0.1) is 6.92 Å². The molecule has 0 bridgehead atoms. The van der Waals surface area contributed by atoms with Crippen molar-refractivity contribution in [3.05, 3.63) is 59.5 Å². The lowest BCUT2D eigenvalue weighted by atomic mass is 10.1. The second-order valence-electron chi connectivity index (χ2n) is 7.84. The normalized spacial score (nSPS) is 10.8. The van der Waals surface area contributed by atoms with Crippen LogP contribution in [0.3, 0.4) is 0 Å². The van der Waals surface area contributed by atoms with Gasteiger partial charge >= 0.3 is 0 Å². The molecular formula is C25H36N2O3. The Bertz CT molecular complexity index is 770. The van der Waals surface area contributed by atoms with Crippen LogP contribution in [0.4, 0.5) is 0 Å². The molecule has 0 radical (unpaired) electrons. The van der Waals surface area contributed by atoms with Crippen LogP contribution in [0.1, 0.15) is 63.0 Å². The molecule has 1 aromatic heterocycles. The molecule has 0 aliphatic rings. The average Bonchev–Trinajstić information content (AvgIpc) is 3.16. The molecule has 0 spiro atoms. The van der Waals surface area contributed by atoms with Gasteiger partial charge in [0.1, 0.15) is 11.5 Å². The number of furan rings is 1. The fraction of sp³-hybridized carbons (Fsp3) is 0.520. The Balaban J connectivity index is 2.05. The molecule has 0 unspecified atom stereocenters. The molecule has 5 nitrogen and oxygen atoms in total. The van der Waals surface area contributed by atoms with Gasteiger partial charge in [-0.05, 0) is 43.9 Å². The first-order valence-corrected chi connectivity index (χ1v) is 11.2. The zero-order valence-corrected chi connectivity index (χ0v) is 18.7. The van der Waals surface area contributed by atoms with Gasteiger partial charge in [-0.25, -0.2) is 0 Å². The lowest BCUT2D eigenvalue weighted by Gasteiger charge is -2.27. The second kappa shape index (κ2) is 12.9. The predicted octanol–water partition coefficient (Wildman–Crippen LogP) is 4.98. The Morgan fingerprint density at radius 3 is 2.27 bits per heavy atom. The molecular weight excluding hydrogens is 376 g/mol. The largest absolute Gasteiger partial charge is 0.464 e. The Hall–Kier alpha value is -2.56. The zero-order valence-electron chi connectivity index (χ0n) is 18.7. The van der Waals surface area contributed by atoms with Gasteiger partial charge in [-0.3, -0.25) is 9.59 Å². The van der Waals surface area contributed by atoms with Gasteiger partial charge in [-0.2, -0.15) is 0 Å². The molecule has 30 heavy (non-hydrogen) atoms. The zero-order chi connectivity index (χ0) is 21.8. The number of carbonyl (C=O) groups is 2. The van der Waals surface area contributed by atoms with Crippen LogP contribution in [0.5, 0.6) is 0 Å². The number of unbranched alkanes of at least 4 members (excludes halogenated alkanes) is 2. The number of amides is 2. The number of hydrogen-bond acceptors (Lipinski definition) is 3. The Morgan fingerprint density at radius 1 is 0.867 bits per heavy atom. The second-order valence-corrected chi connectivity index (χ2v) is 7.84. The van der Waals surface area contributed by atoms with E-state index in [1.54, 1.807) is 4.90 Å². The average molecular weight is 413 g/mol. The fourth-order valence-electron chi connectivity index (χ4n) is 3.47. The molecule has 0 fully saturated rings. The summed E-state index contributed by atoms with van der Waals surface area (Å²) in [6.07, 6.45) is 5.13. The highest BCUT2D eigenvalue weighted by atomic mass is 16.3. The van der Waals surface area contributed by atoms with E-state index in [2.05, 4.69) is 19.1 Å². The van der Waals surface area contributed by atoms with Crippen molar-refractivity contribution >= 4 is 11.8 Å². The van der Waals surface area contributed by atoms with E-state index in [1.807, 2.05) is 49.1 Å². The molecule has 0 saturated heterocycles. The quantitative estimate of drug-likeness (QED) is 0.436. The van der Waals surface area contributed by atoms with Crippen molar-refractivity contribution in [2.24, 2.45) is 0 Å². The molecule has 0 atom stereocenters. The third-order valence-electron chi connectivity index (χ3n) is 5.18. The molecule has 2 rings (SSSR count). The third-order valence-corrected chi connectivity index (χ3v) is 5.18. The first-order chi connectivity index (χ1) is 14.5. The van der Waals surface area contributed by atoms with Crippen molar-refractivity contribution in [2.75, 3.05) is 19.6 Å². The summed E-state index contributed by atoms with van der Waals surface area (Å²) in [6.45, 7) is 7.82. The van der Waals surface area contributed by atoms with Crippen molar-refractivity contribution in [3.8, 4) is 0 Å². The monoisotopic (exact) mass is 412 g/mol.